The number of aromatic amines is 1. The Morgan fingerprint density at radius 3 is 2.87 bits per heavy atom. The Hall–Kier alpha value is -1.28. The van der Waals surface area contributed by atoms with Crippen molar-refractivity contribution in [3.8, 4) is 0 Å². The van der Waals surface area contributed by atoms with Gasteiger partial charge in [-0.25, -0.2) is 0 Å². The van der Waals surface area contributed by atoms with Crippen LogP contribution in [0.4, 0.5) is 0 Å². The summed E-state index contributed by atoms with van der Waals surface area (Å²) in [7, 11) is 0. The number of hydrogen-bond acceptors (Lipinski definition) is 1. The summed E-state index contributed by atoms with van der Waals surface area (Å²) >= 11 is 6.29. The number of hydrogen-bond donors (Lipinski definition) is 1. The number of carbonyl (C=O) groups is 1. The minimum Gasteiger partial charge on any atom is -0.357 e. The molecule has 3 rings (SSSR count). The first-order valence-electron chi connectivity index (χ1n) is 5.06. The normalized spacial score (nSPS) is 15.8. The highest BCUT2D eigenvalue weighted by Gasteiger charge is 2.28. The summed E-state index contributed by atoms with van der Waals surface area (Å²) in [4.78, 5) is 14.2. The largest absolute Gasteiger partial charge is 0.357 e. The van der Waals surface area contributed by atoms with E-state index in [0.717, 1.165) is 27.9 Å². The molecule has 0 saturated heterocycles. The number of H-pyrrole nitrogens is 1. The van der Waals surface area contributed by atoms with Crippen LogP contribution < -0.4 is 0 Å². The van der Waals surface area contributed by atoms with Gasteiger partial charge < -0.3 is 4.98 Å². The molecule has 0 amide bonds. The van der Waals surface area contributed by atoms with E-state index in [1.54, 1.807) is 6.07 Å². The lowest BCUT2D eigenvalue weighted by Gasteiger charge is -1.94. The van der Waals surface area contributed by atoms with E-state index in [-0.39, 0.29) is 0 Å². The van der Waals surface area contributed by atoms with Gasteiger partial charge in [-0.1, -0.05) is 23.7 Å². The number of benzene rings is 1. The number of rotatable bonds is 2. The number of nitrogens with one attached hydrogen (secondary N) is 1. The monoisotopic (exact) mass is 219 g/mol. The van der Waals surface area contributed by atoms with Crippen LogP contribution in [-0.2, 0) is 0 Å². The quantitative estimate of drug-likeness (QED) is 0.771. The van der Waals surface area contributed by atoms with Gasteiger partial charge in [-0.2, -0.15) is 0 Å². The minimum absolute atomic E-state index is 0.574. The third-order valence-corrected chi connectivity index (χ3v) is 3.33. The van der Waals surface area contributed by atoms with E-state index in [9.17, 15) is 4.79 Å². The number of aromatic nitrogens is 1. The highest BCUT2D eigenvalue weighted by Crippen LogP contribution is 2.45. The topological polar surface area (TPSA) is 32.9 Å². The van der Waals surface area contributed by atoms with E-state index in [4.69, 9.17) is 11.6 Å². The Morgan fingerprint density at radius 1 is 1.40 bits per heavy atom. The van der Waals surface area contributed by atoms with Gasteiger partial charge in [0.25, 0.3) is 0 Å². The second-order valence-corrected chi connectivity index (χ2v) is 4.39. The summed E-state index contributed by atoms with van der Waals surface area (Å²) in [6.45, 7) is 0. The molecule has 0 spiro atoms. The number of aldehydes is 1. The zero-order valence-electron chi connectivity index (χ0n) is 8.09. The molecule has 0 aliphatic heterocycles. The molecule has 0 unspecified atom stereocenters. The van der Waals surface area contributed by atoms with Crippen LogP contribution >= 0.6 is 11.6 Å². The second kappa shape index (κ2) is 3.11. The van der Waals surface area contributed by atoms with E-state index in [2.05, 4.69) is 4.98 Å². The molecule has 15 heavy (non-hydrogen) atoms. The molecule has 0 atom stereocenters. The van der Waals surface area contributed by atoms with Gasteiger partial charge in [-0.15, -0.1) is 0 Å². The summed E-state index contributed by atoms with van der Waals surface area (Å²) in [5.74, 6) is 0.574. The summed E-state index contributed by atoms with van der Waals surface area (Å²) in [5, 5.41) is 1.60. The molecule has 1 N–H and O–H groups in total. The van der Waals surface area contributed by atoms with E-state index >= 15 is 0 Å². The lowest BCUT2D eigenvalue weighted by atomic mass is 10.1. The van der Waals surface area contributed by atoms with Crippen LogP contribution in [0.15, 0.2) is 18.2 Å². The van der Waals surface area contributed by atoms with Crippen molar-refractivity contribution in [3.05, 3.63) is 34.5 Å². The maximum Gasteiger partial charge on any atom is 0.150 e. The molecule has 1 aromatic heterocycles. The van der Waals surface area contributed by atoms with Crippen LogP contribution in [0, 0.1) is 0 Å². The zero-order valence-corrected chi connectivity index (χ0v) is 8.84. The number of halogens is 1. The molecule has 1 saturated carbocycles. The zero-order chi connectivity index (χ0) is 10.4. The van der Waals surface area contributed by atoms with Crippen molar-refractivity contribution < 1.29 is 4.79 Å². The summed E-state index contributed by atoms with van der Waals surface area (Å²) < 4.78 is 0. The molecule has 1 aliphatic rings. The molecule has 2 aromatic rings. The van der Waals surface area contributed by atoms with Gasteiger partial charge in [0.2, 0.25) is 0 Å². The lowest BCUT2D eigenvalue weighted by Crippen LogP contribution is -1.80. The van der Waals surface area contributed by atoms with Crippen LogP contribution in [-0.4, -0.2) is 11.3 Å². The molecule has 1 aliphatic carbocycles. The van der Waals surface area contributed by atoms with Crippen LogP contribution in [0.3, 0.4) is 0 Å². The third kappa shape index (κ3) is 1.29. The molecular weight excluding hydrogens is 210 g/mol. The Bertz CT molecular complexity index is 540. The molecular formula is C12H10ClNO. The van der Waals surface area contributed by atoms with E-state index in [1.165, 1.54) is 12.8 Å². The predicted octanol–water partition coefficient (Wildman–Crippen LogP) is 3.51. The van der Waals surface area contributed by atoms with Crippen LogP contribution in [0.5, 0.6) is 0 Å². The fourth-order valence-corrected chi connectivity index (χ4v) is 2.42. The van der Waals surface area contributed by atoms with E-state index < -0.39 is 0 Å². The Morgan fingerprint density at radius 2 is 2.20 bits per heavy atom. The molecule has 1 heterocycles. The van der Waals surface area contributed by atoms with Gasteiger partial charge in [0.1, 0.15) is 0 Å². The first-order chi connectivity index (χ1) is 7.31. The van der Waals surface area contributed by atoms with Crippen LogP contribution in [0.25, 0.3) is 10.9 Å². The van der Waals surface area contributed by atoms with Gasteiger partial charge >= 0.3 is 0 Å². The van der Waals surface area contributed by atoms with Crippen LogP contribution in [0.2, 0.25) is 5.02 Å². The van der Waals surface area contributed by atoms with Crippen molar-refractivity contribution in [3.63, 3.8) is 0 Å². The fraction of sp³-hybridized carbons (Fsp3) is 0.250. The highest BCUT2D eigenvalue weighted by molar-refractivity contribution is 6.37. The van der Waals surface area contributed by atoms with Gasteiger partial charge in [0.15, 0.2) is 6.29 Å². The Labute approximate surface area is 92.2 Å². The van der Waals surface area contributed by atoms with Crippen molar-refractivity contribution in [1.82, 2.24) is 4.98 Å². The van der Waals surface area contributed by atoms with E-state index in [0.29, 0.717) is 11.5 Å². The molecule has 1 fully saturated rings. The Kier molecular flexibility index (Phi) is 1.86. The van der Waals surface area contributed by atoms with Gasteiger partial charge in [0, 0.05) is 28.1 Å². The highest BCUT2D eigenvalue weighted by atomic mass is 35.5. The fourth-order valence-electron chi connectivity index (χ4n) is 2.01. The Balaban J connectivity index is 2.34. The molecule has 0 bridgehead atoms. The first-order valence-corrected chi connectivity index (χ1v) is 5.44. The van der Waals surface area contributed by atoms with Gasteiger partial charge in [-0.3, -0.25) is 4.79 Å². The molecule has 2 nitrogen and oxygen atoms in total. The first kappa shape index (κ1) is 8.98. The number of fused-ring (bicyclic) bond motifs is 1. The molecule has 3 heteroatoms. The van der Waals surface area contributed by atoms with Crippen LogP contribution in [0.1, 0.15) is 34.8 Å². The average molecular weight is 220 g/mol. The smallest absolute Gasteiger partial charge is 0.150 e. The summed E-state index contributed by atoms with van der Waals surface area (Å²) in [6, 6.07) is 5.63. The predicted molar refractivity (Wildman–Crippen MR) is 60.7 cm³/mol. The number of carbonyl (C=O) groups excluding carboxylic acids is 1. The standard InChI is InChI=1S/C12H10ClNO/c13-11-10-8(6-15)2-1-3-9(10)14-12(11)7-4-5-7/h1-3,6-7,14H,4-5H2. The van der Waals surface area contributed by atoms with Gasteiger partial charge in [0.05, 0.1) is 5.02 Å². The lowest BCUT2D eigenvalue weighted by molar-refractivity contribution is 0.112. The van der Waals surface area contributed by atoms with Gasteiger partial charge in [-0.05, 0) is 18.9 Å². The SMILES string of the molecule is O=Cc1cccc2[nH]c(C3CC3)c(Cl)c12. The minimum atomic E-state index is 0.574. The van der Waals surface area contributed by atoms with Crippen molar-refractivity contribution in [1.29, 1.82) is 0 Å². The molecule has 0 radical (unpaired) electrons. The average Bonchev–Trinajstić information content (AvgIpc) is 3.04. The van der Waals surface area contributed by atoms with Crippen molar-refractivity contribution in [2.24, 2.45) is 0 Å². The summed E-state index contributed by atoms with van der Waals surface area (Å²) in [6.07, 6.45) is 3.25. The van der Waals surface area contributed by atoms with Crippen molar-refractivity contribution >= 4 is 28.8 Å². The molecule has 76 valence electrons. The molecule has 1 aromatic carbocycles. The maximum atomic E-state index is 10.9. The van der Waals surface area contributed by atoms with Crippen molar-refractivity contribution in [2.45, 2.75) is 18.8 Å². The second-order valence-electron chi connectivity index (χ2n) is 4.01. The third-order valence-electron chi connectivity index (χ3n) is 2.93. The summed E-state index contributed by atoms with van der Waals surface area (Å²) in [5.41, 5.74) is 2.73. The van der Waals surface area contributed by atoms with E-state index in [1.807, 2.05) is 12.1 Å². The maximum absolute atomic E-state index is 10.9. The van der Waals surface area contributed by atoms with Crippen molar-refractivity contribution in [2.75, 3.05) is 0 Å².